The molecule has 2 aliphatic rings. The van der Waals surface area contributed by atoms with E-state index in [-0.39, 0.29) is 11.3 Å². The van der Waals surface area contributed by atoms with E-state index < -0.39 is 0 Å². The number of aromatic nitrogens is 2. The molecule has 0 N–H and O–H groups in total. The van der Waals surface area contributed by atoms with Crippen LogP contribution in [0.1, 0.15) is 55.4 Å². The predicted octanol–water partition coefficient (Wildman–Crippen LogP) is 4.55. The summed E-state index contributed by atoms with van der Waals surface area (Å²) < 4.78 is 0. The summed E-state index contributed by atoms with van der Waals surface area (Å²) in [5.41, 5.74) is 2.38. The van der Waals surface area contributed by atoms with Gasteiger partial charge in [-0.1, -0.05) is 20.8 Å². The van der Waals surface area contributed by atoms with E-state index in [9.17, 15) is 4.79 Å². The molecule has 0 radical (unpaired) electrons. The largest absolute Gasteiger partial charge is 0.334 e. The van der Waals surface area contributed by atoms with Gasteiger partial charge in [-0.2, -0.15) is 0 Å². The molecular weight excluding hydrogens is 330 g/mol. The normalized spacial score (nSPS) is 27.5. The first-order valence-corrected chi connectivity index (χ1v) is 9.77. The van der Waals surface area contributed by atoms with Crippen molar-refractivity contribution in [2.24, 2.45) is 10.8 Å². The maximum Gasteiger partial charge on any atom is 0.266 e. The highest BCUT2D eigenvalue weighted by Crippen LogP contribution is 2.53. The molecule has 1 aliphatic carbocycles. The number of amides is 1. The Morgan fingerprint density at radius 1 is 1.32 bits per heavy atom. The number of fused-ring (bicyclic) bond motifs is 2. The van der Waals surface area contributed by atoms with Crippen molar-refractivity contribution in [3.05, 3.63) is 35.1 Å². The maximum absolute atomic E-state index is 13.3. The molecule has 25 heavy (non-hydrogen) atoms. The molecule has 2 aromatic rings. The van der Waals surface area contributed by atoms with Gasteiger partial charge in [0.15, 0.2) is 0 Å². The van der Waals surface area contributed by atoms with Crippen molar-refractivity contribution < 1.29 is 4.79 Å². The Kier molecular flexibility index (Phi) is 3.76. The number of carbonyl (C=O) groups is 1. The second-order valence-electron chi connectivity index (χ2n) is 8.82. The molecule has 5 heteroatoms. The minimum Gasteiger partial charge on any atom is -0.334 e. The number of nitrogens with zero attached hydrogens (tertiary/aromatic N) is 3. The van der Waals surface area contributed by atoms with Crippen molar-refractivity contribution in [2.45, 2.75) is 53.0 Å². The van der Waals surface area contributed by atoms with Gasteiger partial charge in [-0.3, -0.25) is 9.78 Å². The van der Waals surface area contributed by atoms with Gasteiger partial charge in [-0.05, 0) is 49.1 Å². The molecule has 2 unspecified atom stereocenters. The standard InChI is InChI=1S/C20H25N3OS/c1-13-16(25-17(22-13)14-6-5-7-21-10-14)18(24)23-12-20(4)9-15(23)8-19(2,3)11-20/h5-7,10,15H,8-9,11-12H2,1-4H3. The van der Waals surface area contributed by atoms with Crippen molar-refractivity contribution in [1.82, 2.24) is 14.9 Å². The average molecular weight is 356 g/mol. The lowest BCUT2D eigenvalue weighted by molar-refractivity contribution is 0.0712. The smallest absolute Gasteiger partial charge is 0.266 e. The summed E-state index contributed by atoms with van der Waals surface area (Å²) in [4.78, 5) is 25.0. The number of thiazole rings is 1. The fourth-order valence-electron chi connectivity index (χ4n) is 5.04. The Morgan fingerprint density at radius 2 is 2.12 bits per heavy atom. The summed E-state index contributed by atoms with van der Waals surface area (Å²) >= 11 is 1.50. The van der Waals surface area contributed by atoms with Crippen LogP contribution < -0.4 is 0 Å². The zero-order valence-corrected chi connectivity index (χ0v) is 16.2. The van der Waals surface area contributed by atoms with Gasteiger partial charge in [0.1, 0.15) is 9.88 Å². The van der Waals surface area contributed by atoms with Crippen LogP contribution in [0.3, 0.4) is 0 Å². The number of carbonyl (C=O) groups excluding carboxylic acids is 1. The molecule has 4 rings (SSSR count). The number of aryl methyl sites for hydroxylation is 1. The van der Waals surface area contributed by atoms with Crippen LogP contribution in [0.5, 0.6) is 0 Å². The fraction of sp³-hybridized carbons (Fsp3) is 0.550. The van der Waals surface area contributed by atoms with E-state index in [2.05, 4.69) is 35.6 Å². The molecule has 1 aliphatic heterocycles. The zero-order chi connectivity index (χ0) is 17.8. The van der Waals surface area contributed by atoms with Crippen LogP contribution in [0, 0.1) is 17.8 Å². The van der Waals surface area contributed by atoms with Crippen molar-refractivity contribution in [3.8, 4) is 10.6 Å². The van der Waals surface area contributed by atoms with E-state index in [0.29, 0.717) is 11.5 Å². The molecule has 1 saturated carbocycles. The molecule has 4 nitrogen and oxygen atoms in total. The van der Waals surface area contributed by atoms with Crippen LogP contribution in [0.25, 0.3) is 10.6 Å². The molecule has 0 spiro atoms. The van der Waals surface area contributed by atoms with Gasteiger partial charge in [-0.25, -0.2) is 4.98 Å². The van der Waals surface area contributed by atoms with Gasteiger partial charge in [-0.15, -0.1) is 11.3 Å². The monoisotopic (exact) mass is 355 g/mol. The third-order valence-electron chi connectivity index (χ3n) is 5.57. The lowest BCUT2D eigenvalue weighted by Crippen LogP contribution is -2.37. The minimum atomic E-state index is 0.163. The van der Waals surface area contributed by atoms with Gasteiger partial charge in [0, 0.05) is 30.5 Å². The summed E-state index contributed by atoms with van der Waals surface area (Å²) in [6.07, 6.45) is 6.99. The van der Waals surface area contributed by atoms with Gasteiger partial charge in [0.25, 0.3) is 5.91 Å². The first-order chi connectivity index (χ1) is 11.8. The topological polar surface area (TPSA) is 46.1 Å². The second-order valence-corrected chi connectivity index (χ2v) is 9.82. The summed E-state index contributed by atoms with van der Waals surface area (Å²) in [5, 5.41) is 0.877. The Morgan fingerprint density at radius 3 is 2.84 bits per heavy atom. The van der Waals surface area contributed by atoms with Crippen molar-refractivity contribution >= 4 is 17.2 Å². The zero-order valence-electron chi connectivity index (χ0n) is 15.4. The van der Waals surface area contributed by atoms with Gasteiger partial charge < -0.3 is 4.90 Å². The quantitative estimate of drug-likeness (QED) is 0.794. The average Bonchev–Trinajstić information content (AvgIpc) is 3.04. The van der Waals surface area contributed by atoms with E-state index in [1.165, 1.54) is 17.8 Å². The lowest BCUT2D eigenvalue weighted by Gasteiger charge is -2.39. The van der Waals surface area contributed by atoms with E-state index in [4.69, 9.17) is 0 Å². The summed E-state index contributed by atoms with van der Waals surface area (Å²) in [5.74, 6) is 0.163. The van der Waals surface area contributed by atoms with Crippen LogP contribution in [-0.4, -0.2) is 33.4 Å². The van der Waals surface area contributed by atoms with E-state index in [1.807, 2.05) is 19.1 Å². The van der Waals surface area contributed by atoms with E-state index in [1.54, 1.807) is 12.4 Å². The summed E-state index contributed by atoms with van der Waals surface area (Å²) in [7, 11) is 0. The molecule has 2 bridgehead atoms. The summed E-state index contributed by atoms with van der Waals surface area (Å²) in [6, 6.07) is 4.26. The number of likely N-dealkylation sites (tertiary alicyclic amines) is 1. The van der Waals surface area contributed by atoms with Gasteiger partial charge in [0.2, 0.25) is 0 Å². The van der Waals surface area contributed by atoms with Crippen molar-refractivity contribution in [1.29, 1.82) is 0 Å². The molecule has 2 fully saturated rings. The molecule has 1 amide bonds. The Balaban J connectivity index is 1.63. The van der Waals surface area contributed by atoms with Crippen LogP contribution in [0.4, 0.5) is 0 Å². The Labute approximate surface area is 153 Å². The number of hydrogen-bond acceptors (Lipinski definition) is 4. The van der Waals surface area contributed by atoms with Crippen LogP contribution in [0.2, 0.25) is 0 Å². The number of pyridine rings is 1. The molecule has 2 aromatic heterocycles. The lowest BCUT2D eigenvalue weighted by atomic mass is 9.65. The summed E-state index contributed by atoms with van der Waals surface area (Å²) in [6.45, 7) is 9.83. The SMILES string of the molecule is Cc1nc(-c2cccnc2)sc1C(=O)N1CC2(C)CC1CC(C)(C)C2. The molecule has 3 heterocycles. The predicted molar refractivity (Wildman–Crippen MR) is 101 cm³/mol. The second kappa shape index (κ2) is 5.63. The molecule has 2 atom stereocenters. The third kappa shape index (κ3) is 2.99. The number of hydrogen-bond donors (Lipinski definition) is 0. The van der Waals surface area contributed by atoms with E-state index >= 15 is 0 Å². The molecule has 0 aromatic carbocycles. The first-order valence-electron chi connectivity index (χ1n) is 8.95. The van der Waals surface area contributed by atoms with Gasteiger partial charge in [0.05, 0.1) is 5.69 Å². The molecule has 1 saturated heterocycles. The maximum atomic E-state index is 13.3. The highest BCUT2D eigenvalue weighted by Gasteiger charge is 2.51. The highest BCUT2D eigenvalue weighted by molar-refractivity contribution is 7.17. The third-order valence-corrected chi connectivity index (χ3v) is 6.77. The van der Waals surface area contributed by atoms with Crippen LogP contribution in [-0.2, 0) is 0 Å². The minimum absolute atomic E-state index is 0.163. The first kappa shape index (κ1) is 16.7. The number of rotatable bonds is 2. The van der Waals surface area contributed by atoms with Crippen molar-refractivity contribution in [2.75, 3.05) is 6.54 Å². The van der Waals surface area contributed by atoms with Crippen LogP contribution >= 0.6 is 11.3 Å². The fourth-order valence-corrected chi connectivity index (χ4v) is 6.05. The van der Waals surface area contributed by atoms with Crippen molar-refractivity contribution in [3.63, 3.8) is 0 Å². The van der Waals surface area contributed by atoms with Gasteiger partial charge >= 0.3 is 0 Å². The molecular formula is C20H25N3OS. The molecule has 132 valence electrons. The van der Waals surface area contributed by atoms with Crippen LogP contribution in [0.15, 0.2) is 24.5 Å². The highest BCUT2D eigenvalue weighted by atomic mass is 32.1. The Hall–Kier alpha value is -1.75. The Bertz CT molecular complexity index is 814. The van der Waals surface area contributed by atoms with E-state index in [0.717, 1.165) is 40.5 Å².